The average molecular weight is 316 g/mol. The highest BCUT2D eigenvalue weighted by molar-refractivity contribution is 7.89. The molecule has 2 N–H and O–H groups in total. The Balaban J connectivity index is 2.14. The molecule has 1 heterocycles. The molecule has 118 valence electrons. The van der Waals surface area contributed by atoms with E-state index < -0.39 is 21.4 Å². The second-order valence-corrected chi connectivity index (χ2v) is 7.24. The molecular weight excluding hydrogens is 295 g/mol. The van der Waals surface area contributed by atoms with Gasteiger partial charge in [0.15, 0.2) is 0 Å². The molecule has 1 saturated heterocycles. The first kappa shape index (κ1) is 16.4. The topological polar surface area (TPSA) is 67.4 Å². The highest BCUT2D eigenvalue weighted by atomic mass is 32.2. The molecule has 0 aromatic heterocycles. The second kappa shape index (κ2) is 6.39. The monoisotopic (exact) mass is 316 g/mol. The van der Waals surface area contributed by atoms with Crippen molar-refractivity contribution in [2.75, 3.05) is 26.8 Å². The first-order chi connectivity index (χ1) is 9.88. The molecule has 1 fully saturated rings. The molecule has 0 aliphatic carbocycles. The van der Waals surface area contributed by atoms with Gasteiger partial charge in [0, 0.05) is 13.7 Å². The largest absolute Gasteiger partial charge is 0.383 e. The minimum atomic E-state index is -3.87. The second-order valence-electron chi connectivity index (χ2n) is 5.50. The number of hydrogen-bond acceptors (Lipinski definition) is 4. The molecule has 21 heavy (non-hydrogen) atoms. The van der Waals surface area contributed by atoms with E-state index in [-0.39, 0.29) is 11.4 Å². The molecule has 1 aromatic carbocycles. The Morgan fingerprint density at radius 1 is 1.48 bits per heavy atom. The third-order valence-electron chi connectivity index (χ3n) is 3.73. The number of sulfonamides is 1. The van der Waals surface area contributed by atoms with E-state index >= 15 is 0 Å². The number of hydrogen-bond donors (Lipinski definition) is 2. The Labute approximate surface area is 124 Å². The van der Waals surface area contributed by atoms with E-state index in [1.807, 2.05) is 0 Å². The summed E-state index contributed by atoms with van der Waals surface area (Å²) in [6.07, 6.45) is 1.78. The van der Waals surface area contributed by atoms with Gasteiger partial charge in [0.1, 0.15) is 10.7 Å². The van der Waals surface area contributed by atoms with Crippen molar-refractivity contribution in [3.63, 3.8) is 0 Å². The standard InChI is InChI=1S/C14H21FN2O3S/c1-11-4-5-13(12(15)8-11)21(18,19)17-9-14(10-20-2)6-3-7-16-14/h4-5,8,16-17H,3,6-7,9-10H2,1-2H3. The van der Waals surface area contributed by atoms with Gasteiger partial charge in [-0.25, -0.2) is 17.5 Å². The zero-order valence-corrected chi connectivity index (χ0v) is 13.1. The van der Waals surface area contributed by atoms with Crippen molar-refractivity contribution in [3.8, 4) is 0 Å². The highest BCUT2D eigenvalue weighted by Crippen LogP contribution is 2.21. The van der Waals surface area contributed by atoms with Gasteiger partial charge in [0.2, 0.25) is 10.0 Å². The van der Waals surface area contributed by atoms with Crippen LogP contribution in [0.1, 0.15) is 18.4 Å². The van der Waals surface area contributed by atoms with Crippen LogP contribution in [0.4, 0.5) is 4.39 Å². The van der Waals surface area contributed by atoms with E-state index in [0.717, 1.165) is 19.4 Å². The maximum Gasteiger partial charge on any atom is 0.243 e. The predicted octanol–water partition coefficient (Wildman–Crippen LogP) is 1.18. The average Bonchev–Trinajstić information content (AvgIpc) is 2.86. The number of halogens is 1. The fraction of sp³-hybridized carbons (Fsp3) is 0.571. The van der Waals surface area contributed by atoms with Crippen LogP contribution in [0.5, 0.6) is 0 Å². The van der Waals surface area contributed by atoms with Crippen LogP contribution >= 0.6 is 0 Å². The number of benzene rings is 1. The van der Waals surface area contributed by atoms with Crippen LogP contribution in [-0.4, -0.2) is 40.8 Å². The third-order valence-corrected chi connectivity index (χ3v) is 5.16. The van der Waals surface area contributed by atoms with Gasteiger partial charge in [0.25, 0.3) is 0 Å². The SMILES string of the molecule is COCC1(CNS(=O)(=O)c2ccc(C)cc2F)CCCN1. The minimum Gasteiger partial charge on any atom is -0.383 e. The molecule has 1 aromatic rings. The van der Waals surface area contributed by atoms with Crippen LogP contribution < -0.4 is 10.0 Å². The lowest BCUT2D eigenvalue weighted by Gasteiger charge is -2.28. The summed E-state index contributed by atoms with van der Waals surface area (Å²) >= 11 is 0. The van der Waals surface area contributed by atoms with Crippen LogP contribution in [0, 0.1) is 12.7 Å². The molecule has 1 aliphatic rings. The Morgan fingerprint density at radius 3 is 2.81 bits per heavy atom. The number of methoxy groups -OCH3 is 1. The molecule has 1 aliphatic heterocycles. The fourth-order valence-electron chi connectivity index (χ4n) is 2.60. The van der Waals surface area contributed by atoms with Crippen molar-refractivity contribution in [2.45, 2.75) is 30.2 Å². The molecule has 1 unspecified atom stereocenters. The van der Waals surface area contributed by atoms with Gasteiger partial charge >= 0.3 is 0 Å². The maximum absolute atomic E-state index is 13.8. The first-order valence-corrected chi connectivity index (χ1v) is 8.37. The number of rotatable bonds is 6. The molecule has 0 bridgehead atoms. The number of ether oxygens (including phenoxy) is 1. The summed E-state index contributed by atoms with van der Waals surface area (Å²) in [7, 11) is -2.29. The Hall–Kier alpha value is -1.02. The lowest BCUT2D eigenvalue weighted by Crippen LogP contribution is -2.52. The van der Waals surface area contributed by atoms with Gasteiger partial charge in [-0.1, -0.05) is 6.07 Å². The van der Waals surface area contributed by atoms with E-state index in [0.29, 0.717) is 12.2 Å². The van der Waals surface area contributed by atoms with Gasteiger partial charge in [-0.3, -0.25) is 0 Å². The van der Waals surface area contributed by atoms with Crippen molar-refractivity contribution in [3.05, 3.63) is 29.6 Å². The van der Waals surface area contributed by atoms with Crippen LogP contribution in [0.25, 0.3) is 0 Å². The van der Waals surface area contributed by atoms with Crippen LogP contribution in [0.15, 0.2) is 23.1 Å². The summed E-state index contributed by atoms with van der Waals surface area (Å²) in [6.45, 7) is 3.12. The predicted molar refractivity (Wildman–Crippen MR) is 78.2 cm³/mol. The van der Waals surface area contributed by atoms with Crippen molar-refractivity contribution in [1.29, 1.82) is 0 Å². The minimum absolute atomic E-state index is 0.177. The van der Waals surface area contributed by atoms with Gasteiger partial charge in [-0.05, 0) is 44.0 Å². The van der Waals surface area contributed by atoms with Crippen molar-refractivity contribution < 1.29 is 17.5 Å². The normalized spacial score (nSPS) is 22.6. The van der Waals surface area contributed by atoms with Crippen LogP contribution in [0.3, 0.4) is 0 Å². The van der Waals surface area contributed by atoms with E-state index in [4.69, 9.17) is 4.74 Å². The highest BCUT2D eigenvalue weighted by Gasteiger charge is 2.35. The van der Waals surface area contributed by atoms with E-state index in [9.17, 15) is 12.8 Å². The summed E-state index contributed by atoms with van der Waals surface area (Å²) in [4.78, 5) is -0.321. The number of aryl methyl sites for hydroxylation is 1. The van der Waals surface area contributed by atoms with Crippen molar-refractivity contribution in [1.82, 2.24) is 10.0 Å². The van der Waals surface area contributed by atoms with Crippen molar-refractivity contribution >= 4 is 10.0 Å². The third kappa shape index (κ3) is 3.79. The Kier molecular flexibility index (Phi) is 4.98. The van der Waals surface area contributed by atoms with Crippen LogP contribution in [0.2, 0.25) is 0 Å². The molecule has 0 amide bonds. The van der Waals surface area contributed by atoms with Crippen LogP contribution in [-0.2, 0) is 14.8 Å². The summed E-state index contributed by atoms with van der Waals surface area (Å²) in [5.74, 6) is -0.734. The summed E-state index contributed by atoms with van der Waals surface area (Å²) in [5, 5.41) is 3.27. The number of nitrogens with one attached hydrogen (secondary N) is 2. The Morgan fingerprint density at radius 2 is 2.24 bits per heavy atom. The smallest absolute Gasteiger partial charge is 0.243 e. The van der Waals surface area contributed by atoms with E-state index in [1.54, 1.807) is 20.1 Å². The molecule has 1 atom stereocenters. The lowest BCUT2D eigenvalue weighted by molar-refractivity contribution is 0.122. The van der Waals surface area contributed by atoms with E-state index in [1.165, 1.54) is 12.1 Å². The summed E-state index contributed by atoms with van der Waals surface area (Å²) in [6, 6.07) is 4.09. The fourth-order valence-corrected chi connectivity index (χ4v) is 3.79. The van der Waals surface area contributed by atoms with Gasteiger partial charge < -0.3 is 10.1 Å². The molecule has 5 nitrogen and oxygen atoms in total. The zero-order valence-electron chi connectivity index (χ0n) is 12.3. The Bertz CT molecular complexity index is 598. The molecule has 2 rings (SSSR count). The lowest BCUT2D eigenvalue weighted by atomic mass is 9.99. The maximum atomic E-state index is 13.8. The quantitative estimate of drug-likeness (QED) is 0.827. The van der Waals surface area contributed by atoms with Gasteiger partial charge in [0.05, 0.1) is 12.1 Å². The van der Waals surface area contributed by atoms with E-state index in [2.05, 4.69) is 10.0 Å². The van der Waals surface area contributed by atoms with Gasteiger partial charge in [-0.15, -0.1) is 0 Å². The molecular formula is C14H21FN2O3S. The first-order valence-electron chi connectivity index (χ1n) is 6.88. The summed E-state index contributed by atoms with van der Waals surface area (Å²) in [5.41, 5.74) is 0.267. The zero-order chi connectivity index (χ0) is 15.5. The molecule has 7 heteroatoms. The molecule has 0 spiro atoms. The van der Waals surface area contributed by atoms with Crippen molar-refractivity contribution in [2.24, 2.45) is 0 Å². The molecule has 0 saturated carbocycles. The van der Waals surface area contributed by atoms with Gasteiger partial charge in [-0.2, -0.15) is 0 Å². The molecule has 0 radical (unpaired) electrons. The summed E-state index contributed by atoms with van der Waals surface area (Å²) < 4.78 is 46.0.